The van der Waals surface area contributed by atoms with Crippen LogP contribution in [0, 0.1) is 5.92 Å². The summed E-state index contributed by atoms with van der Waals surface area (Å²) in [5.41, 5.74) is 0. The van der Waals surface area contributed by atoms with E-state index < -0.39 is 0 Å². The second-order valence-electron chi connectivity index (χ2n) is 3.65. The molecular formula is C8H16N2. The first-order chi connectivity index (χ1) is 4.86. The SMILES string of the molecule is C[C@@H](NC1CC1)C1CNC1. The summed E-state index contributed by atoms with van der Waals surface area (Å²) in [5, 5.41) is 6.91. The average Bonchev–Trinajstić information content (AvgIpc) is 2.43. The van der Waals surface area contributed by atoms with Crippen molar-refractivity contribution in [3.8, 4) is 0 Å². The first-order valence-corrected chi connectivity index (χ1v) is 4.33. The minimum atomic E-state index is 0.744. The van der Waals surface area contributed by atoms with Crippen molar-refractivity contribution in [3.05, 3.63) is 0 Å². The van der Waals surface area contributed by atoms with E-state index >= 15 is 0 Å². The van der Waals surface area contributed by atoms with Crippen molar-refractivity contribution >= 4 is 0 Å². The van der Waals surface area contributed by atoms with Gasteiger partial charge in [-0.05, 0) is 25.7 Å². The van der Waals surface area contributed by atoms with Crippen LogP contribution in [-0.2, 0) is 0 Å². The molecule has 1 aliphatic carbocycles. The standard InChI is InChI=1S/C8H16N2/c1-6(7-4-9-5-7)10-8-2-3-8/h6-10H,2-5H2,1H3/t6-/m1/s1. The Morgan fingerprint density at radius 1 is 1.40 bits per heavy atom. The van der Waals surface area contributed by atoms with Crippen molar-refractivity contribution in [3.63, 3.8) is 0 Å². The first-order valence-electron chi connectivity index (χ1n) is 4.33. The third kappa shape index (κ3) is 1.32. The minimum absolute atomic E-state index is 0.744. The highest BCUT2D eigenvalue weighted by molar-refractivity contribution is 4.89. The Kier molecular flexibility index (Phi) is 1.66. The van der Waals surface area contributed by atoms with Gasteiger partial charge in [0.1, 0.15) is 0 Å². The van der Waals surface area contributed by atoms with Crippen LogP contribution in [0.15, 0.2) is 0 Å². The van der Waals surface area contributed by atoms with E-state index in [0.717, 1.165) is 18.0 Å². The second kappa shape index (κ2) is 2.51. The molecule has 2 fully saturated rings. The normalized spacial score (nSPS) is 29.7. The van der Waals surface area contributed by atoms with Crippen molar-refractivity contribution in [2.45, 2.75) is 31.8 Å². The maximum Gasteiger partial charge on any atom is 0.00938 e. The Hall–Kier alpha value is -0.0800. The number of hydrogen-bond acceptors (Lipinski definition) is 2. The van der Waals surface area contributed by atoms with Crippen LogP contribution in [0.25, 0.3) is 0 Å². The van der Waals surface area contributed by atoms with Crippen LogP contribution in [0.4, 0.5) is 0 Å². The van der Waals surface area contributed by atoms with E-state index in [1.165, 1.54) is 25.9 Å². The molecule has 0 aromatic rings. The monoisotopic (exact) mass is 140 g/mol. The highest BCUT2D eigenvalue weighted by Crippen LogP contribution is 2.21. The lowest BCUT2D eigenvalue weighted by Gasteiger charge is -2.33. The van der Waals surface area contributed by atoms with E-state index in [0.29, 0.717) is 0 Å². The Labute approximate surface area is 62.4 Å². The molecule has 1 saturated heterocycles. The predicted molar refractivity (Wildman–Crippen MR) is 42.0 cm³/mol. The molecule has 1 atom stereocenters. The minimum Gasteiger partial charge on any atom is -0.316 e. The molecule has 0 spiro atoms. The van der Waals surface area contributed by atoms with E-state index in [1.54, 1.807) is 0 Å². The molecule has 10 heavy (non-hydrogen) atoms. The summed E-state index contributed by atoms with van der Waals surface area (Å²) < 4.78 is 0. The van der Waals surface area contributed by atoms with Gasteiger partial charge < -0.3 is 10.6 Å². The third-order valence-electron chi connectivity index (χ3n) is 2.60. The van der Waals surface area contributed by atoms with Crippen LogP contribution in [-0.4, -0.2) is 25.2 Å². The van der Waals surface area contributed by atoms with Crippen LogP contribution < -0.4 is 10.6 Å². The van der Waals surface area contributed by atoms with Crippen LogP contribution in [0.3, 0.4) is 0 Å². The molecule has 0 radical (unpaired) electrons. The summed E-state index contributed by atoms with van der Waals surface area (Å²) in [6.45, 7) is 4.76. The average molecular weight is 140 g/mol. The largest absolute Gasteiger partial charge is 0.316 e. The molecule has 2 rings (SSSR count). The van der Waals surface area contributed by atoms with Gasteiger partial charge in [0.2, 0.25) is 0 Å². The Morgan fingerprint density at radius 2 is 2.10 bits per heavy atom. The van der Waals surface area contributed by atoms with E-state index in [2.05, 4.69) is 17.6 Å². The molecule has 2 nitrogen and oxygen atoms in total. The summed E-state index contributed by atoms with van der Waals surface area (Å²) >= 11 is 0. The lowest BCUT2D eigenvalue weighted by molar-refractivity contribution is 0.267. The van der Waals surface area contributed by atoms with Crippen molar-refractivity contribution in [1.29, 1.82) is 0 Å². The van der Waals surface area contributed by atoms with Gasteiger partial charge in [-0.15, -0.1) is 0 Å². The lowest BCUT2D eigenvalue weighted by atomic mass is 9.95. The first kappa shape index (κ1) is 6.62. The molecule has 2 heteroatoms. The zero-order valence-corrected chi connectivity index (χ0v) is 6.56. The van der Waals surface area contributed by atoms with Gasteiger partial charge in [0.15, 0.2) is 0 Å². The number of nitrogens with one attached hydrogen (secondary N) is 2. The second-order valence-corrected chi connectivity index (χ2v) is 3.65. The smallest absolute Gasteiger partial charge is 0.00938 e. The van der Waals surface area contributed by atoms with Gasteiger partial charge >= 0.3 is 0 Å². The quantitative estimate of drug-likeness (QED) is 0.591. The number of rotatable bonds is 3. The molecule has 0 aromatic carbocycles. The maximum atomic E-state index is 3.62. The van der Waals surface area contributed by atoms with Crippen LogP contribution in [0.1, 0.15) is 19.8 Å². The Morgan fingerprint density at radius 3 is 2.50 bits per heavy atom. The molecule has 1 aliphatic heterocycles. The molecule has 1 heterocycles. The number of hydrogen-bond donors (Lipinski definition) is 2. The summed E-state index contributed by atoms with van der Waals surface area (Å²) in [6.07, 6.45) is 2.81. The molecule has 2 N–H and O–H groups in total. The Balaban J connectivity index is 1.69. The summed E-state index contributed by atoms with van der Waals surface area (Å²) in [5.74, 6) is 0.903. The fraction of sp³-hybridized carbons (Fsp3) is 1.00. The lowest BCUT2D eigenvalue weighted by Crippen LogP contribution is -2.52. The fourth-order valence-electron chi connectivity index (χ4n) is 1.42. The van der Waals surface area contributed by atoms with Crippen molar-refractivity contribution in [2.24, 2.45) is 5.92 Å². The molecule has 2 aliphatic rings. The molecule has 0 bridgehead atoms. The van der Waals surface area contributed by atoms with Gasteiger partial charge in [0.25, 0.3) is 0 Å². The van der Waals surface area contributed by atoms with E-state index in [1.807, 2.05) is 0 Å². The summed E-state index contributed by atoms with van der Waals surface area (Å²) in [4.78, 5) is 0. The van der Waals surface area contributed by atoms with Crippen molar-refractivity contribution < 1.29 is 0 Å². The summed E-state index contributed by atoms with van der Waals surface area (Å²) in [6, 6.07) is 1.62. The van der Waals surface area contributed by atoms with Crippen LogP contribution in [0.5, 0.6) is 0 Å². The highest BCUT2D eigenvalue weighted by Gasteiger charge is 2.29. The fourth-order valence-corrected chi connectivity index (χ4v) is 1.42. The zero-order valence-electron chi connectivity index (χ0n) is 6.56. The molecule has 58 valence electrons. The van der Waals surface area contributed by atoms with E-state index in [4.69, 9.17) is 0 Å². The molecular weight excluding hydrogens is 124 g/mol. The molecule has 0 amide bonds. The van der Waals surface area contributed by atoms with Crippen molar-refractivity contribution in [2.75, 3.05) is 13.1 Å². The van der Waals surface area contributed by atoms with Crippen molar-refractivity contribution in [1.82, 2.24) is 10.6 Å². The predicted octanol–water partition coefficient (Wildman–Crippen LogP) is 0.346. The van der Waals surface area contributed by atoms with Gasteiger partial charge in [-0.2, -0.15) is 0 Å². The van der Waals surface area contributed by atoms with E-state index in [-0.39, 0.29) is 0 Å². The molecule has 0 unspecified atom stereocenters. The van der Waals surface area contributed by atoms with Crippen LogP contribution >= 0.6 is 0 Å². The molecule has 1 saturated carbocycles. The summed E-state index contributed by atoms with van der Waals surface area (Å²) in [7, 11) is 0. The Bertz CT molecular complexity index is 116. The molecule has 0 aromatic heterocycles. The highest BCUT2D eigenvalue weighted by atomic mass is 15.0. The topological polar surface area (TPSA) is 24.1 Å². The zero-order chi connectivity index (χ0) is 6.97. The van der Waals surface area contributed by atoms with Gasteiger partial charge in [-0.25, -0.2) is 0 Å². The van der Waals surface area contributed by atoms with Gasteiger partial charge in [-0.3, -0.25) is 0 Å². The van der Waals surface area contributed by atoms with Gasteiger partial charge in [-0.1, -0.05) is 0 Å². The van der Waals surface area contributed by atoms with Crippen LogP contribution in [0.2, 0.25) is 0 Å². The van der Waals surface area contributed by atoms with Gasteiger partial charge in [0, 0.05) is 25.2 Å². The maximum absolute atomic E-state index is 3.62. The van der Waals surface area contributed by atoms with Gasteiger partial charge in [0.05, 0.1) is 0 Å². The third-order valence-corrected chi connectivity index (χ3v) is 2.60. The van der Waals surface area contributed by atoms with E-state index in [9.17, 15) is 0 Å².